The molecule has 3 aliphatic rings. The summed E-state index contributed by atoms with van der Waals surface area (Å²) in [6.45, 7) is 7.25. The molecule has 2 atom stereocenters. The van der Waals surface area contributed by atoms with E-state index < -0.39 is 11.2 Å². The molecule has 0 bridgehead atoms. The minimum absolute atomic E-state index is 0.0186. The molecule has 1 aromatic carbocycles. The van der Waals surface area contributed by atoms with Crippen molar-refractivity contribution in [3.05, 3.63) is 65.8 Å². The number of piperidine rings is 1. The van der Waals surface area contributed by atoms with Crippen molar-refractivity contribution in [3.63, 3.8) is 0 Å². The highest BCUT2D eigenvalue weighted by Gasteiger charge is 2.48. The number of allylic oxidation sites excluding steroid dienone is 2. The SMILES string of the molecule is CCN(CCOC)C(=O)c1ccc(C2=CC3(CCN(C=O)CC3)O[C@]3(C)C=CC=CC23)cc1. The van der Waals surface area contributed by atoms with Gasteiger partial charge in [0.2, 0.25) is 6.41 Å². The number of carbonyl (C=O) groups is 2. The number of methoxy groups -OCH3 is 1. The molecule has 6 nitrogen and oxygen atoms in total. The molecule has 1 aromatic rings. The van der Waals surface area contributed by atoms with E-state index in [0.29, 0.717) is 38.3 Å². The number of likely N-dealkylation sites (tertiary alicyclic amines) is 1. The summed E-state index contributed by atoms with van der Waals surface area (Å²) < 4.78 is 11.9. The quantitative estimate of drug-likeness (QED) is 0.595. The van der Waals surface area contributed by atoms with E-state index in [1.165, 1.54) is 5.57 Å². The number of fused-ring (bicyclic) bond motifs is 1. The number of hydrogen-bond donors (Lipinski definition) is 0. The molecule has 0 aromatic heterocycles. The highest BCUT2D eigenvalue weighted by Crippen LogP contribution is 2.49. The average molecular weight is 451 g/mol. The maximum Gasteiger partial charge on any atom is 0.253 e. The van der Waals surface area contributed by atoms with Gasteiger partial charge in [0.25, 0.3) is 5.91 Å². The first-order chi connectivity index (χ1) is 15.9. The van der Waals surface area contributed by atoms with E-state index in [9.17, 15) is 9.59 Å². The summed E-state index contributed by atoms with van der Waals surface area (Å²) in [5.41, 5.74) is 2.15. The van der Waals surface area contributed by atoms with Crippen molar-refractivity contribution in [1.82, 2.24) is 9.80 Å². The summed E-state index contributed by atoms with van der Waals surface area (Å²) in [6, 6.07) is 7.94. The molecule has 1 fully saturated rings. The number of nitrogens with zero attached hydrogens (tertiary/aromatic N) is 2. The van der Waals surface area contributed by atoms with Gasteiger partial charge in [-0.05, 0) is 56.0 Å². The Morgan fingerprint density at radius 2 is 1.97 bits per heavy atom. The van der Waals surface area contributed by atoms with Crippen molar-refractivity contribution in [2.45, 2.75) is 37.9 Å². The summed E-state index contributed by atoms with van der Waals surface area (Å²) in [5.74, 6) is 0.109. The molecule has 33 heavy (non-hydrogen) atoms. The third kappa shape index (κ3) is 4.68. The first-order valence-corrected chi connectivity index (χ1v) is 11.8. The van der Waals surface area contributed by atoms with E-state index in [2.05, 4.69) is 49.4 Å². The van der Waals surface area contributed by atoms with Gasteiger partial charge in [-0.25, -0.2) is 0 Å². The van der Waals surface area contributed by atoms with Crippen molar-refractivity contribution >= 4 is 17.9 Å². The molecule has 0 saturated carbocycles. The Hall–Kier alpha value is -2.70. The molecule has 0 radical (unpaired) electrons. The first-order valence-electron chi connectivity index (χ1n) is 11.8. The molecule has 1 saturated heterocycles. The molecule has 1 spiro atoms. The van der Waals surface area contributed by atoms with Crippen LogP contribution in [0.4, 0.5) is 0 Å². The zero-order valence-electron chi connectivity index (χ0n) is 19.8. The molecule has 2 heterocycles. The van der Waals surface area contributed by atoms with Crippen LogP contribution in [0.2, 0.25) is 0 Å². The van der Waals surface area contributed by atoms with Crippen LogP contribution in [0.3, 0.4) is 0 Å². The highest BCUT2D eigenvalue weighted by atomic mass is 16.5. The molecule has 1 unspecified atom stereocenters. The second-order valence-electron chi connectivity index (χ2n) is 9.27. The Bertz CT molecular complexity index is 957. The summed E-state index contributed by atoms with van der Waals surface area (Å²) in [5, 5.41) is 0. The van der Waals surface area contributed by atoms with Crippen molar-refractivity contribution in [2.75, 3.05) is 39.9 Å². The molecular weight excluding hydrogens is 416 g/mol. The maximum atomic E-state index is 12.9. The van der Waals surface area contributed by atoms with Crippen LogP contribution < -0.4 is 0 Å². The normalized spacial score (nSPS) is 25.5. The smallest absolute Gasteiger partial charge is 0.253 e. The van der Waals surface area contributed by atoms with E-state index in [-0.39, 0.29) is 11.8 Å². The van der Waals surface area contributed by atoms with Crippen LogP contribution in [0.25, 0.3) is 5.57 Å². The molecule has 1 aliphatic carbocycles. The number of rotatable bonds is 7. The predicted octanol–water partition coefficient (Wildman–Crippen LogP) is 3.70. The lowest BCUT2D eigenvalue weighted by Gasteiger charge is -2.51. The number of amides is 2. The minimum Gasteiger partial charge on any atom is -0.383 e. The summed E-state index contributed by atoms with van der Waals surface area (Å²) in [6.07, 6.45) is 13.2. The van der Waals surface area contributed by atoms with Crippen LogP contribution in [0, 0.1) is 5.92 Å². The van der Waals surface area contributed by atoms with Crippen molar-refractivity contribution in [2.24, 2.45) is 5.92 Å². The molecule has 0 N–H and O–H groups in total. The van der Waals surface area contributed by atoms with E-state index in [0.717, 1.165) is 24.8 Å². The Morgan fingerprint density at radius 1 is 1.24 bits per heavy atom. The maximum absolute atomic E-state index is 12.9. The van der Waals surface area contributed by atoms with Gasteiger partial charge >= 0.3 is 0 Å². The second kappa shape index (κ2) is 9.65. The van der Waals surface area contributed by atoms with E-state index in [1.807, 2.05) is 24.0 Å². The lowest BCUT2D eigenvalue weighted by molar-refractivity contribution is -0.145. The highest BCUT2D eigenvalue weighted by molar-refractivity contribution is 5.94. The van der Waals surface area contributed by atoms with Gasteiger partial charge in [0.15, 0.2) is 0 Å². The fourth-order valence-electron chi connectivity index (χ4n) is 5.18. The standard InChI is InChI=1S/C27H34N2O4/c1-4-29(17-18-32-3)25(31)22-10-8-21(9-11-22)23-19-27(13-15-28(20-30)16-14-27)33-26(2)12-6-5-7-24(23)26/h5-12,19-20,24H,4,13-18H2,1-3H3/t24?,26-/m1/s1. The molecule has 176 valence electrons. The third-order valence-corrected chi connectivity index (χ3v) is 7.13. The van der Waals surface area contributed by atoms with Gasteiger partial charge in [-0.2, -0.15) is 0 Å². The Morgan fingerprint density at radius 3 is 2.61 bits per heavy atom. The van der Waals surface area contributed by atoms with Gasteiger partial charge in [0.1, 0.15) is 0 Å². The molecule has 2 aliphatic heterocycles. The van der Waals surface area contributed by atoms with Gasteiger partial charge in [-0.15, -0.1) is 0 Å². The van der Waals surface area contributed by atoms with Crippen LogP contribution >= 0.6 is 0 Å². The zero-order chi connectivity index (χ0) is 23.5. The molecule has 2 amide bonds. The number of ether oxygens (including phenoxy) is 2. The number of hydrogen-bond acceptors (Lipinski definition) is 4. The molecule has 4 rings (SSSR count). The minimum atomic E-state index is -0.449. The summed E-state index contributed by atoms with van der Waals surface area (Å²) in [4.78, 5) is 27.8. The van der Waals surface area contributed by atoms with Gasteiger partial charge in [-0.1, -0.05) is 36.4 Å². The van der Waals surface area contributed by atoms with Crippen molar-refractivity contribution in [3.8, 4) is 0 Å². The lowest BCUT2D eigenvalue weighted by Crippen LogP contribution is -2.54. The number of likely N-dealkylation sites (N-methyl/N-ethyl adjacent to an activating group) is 1. The monoisotopic (exact) mass is 450 g/mol. The first kappa shape index (κ1) is 23.5. The van der Waals surface area contributed by atoms with Gasteiger partial charge in [0, 0.05) is 44.8 Å². The number of benzene rings is 1. The second-order valence-corrected chi connectivity index (χ2v) is 9.27. The predicted molar refractivity (Wildman–Crippen MR) is 129 cm³/mol. The Labute approximate surface area is 196 Å². The lowest BCUT2D eigenvalue weighted by atomic mass is 9.71. The molecule has 6 heteroatoms. The van der Waals surface area contributed by atoms with Gasteiger partial charge < -0.3 is 19.3 Å². The van der Waals surface area contributed by atoms with Gasteiger partial charge in [-0.3, -0.25) is 9.59 Å². The van der Waals surface area contributed by atoms with E-state index in [4.69, 9.17) is 9.47 Å². The summed E-state index contributed by atoms with van der Waals surface area (Å²) in [7, 11) is 1.65. The summed E-state index contributed by atoms with van der Waals surface area (Å²) >= 11 is 0. The van der Waals surface area contributed by atoms with Crippen molar-refractivity contribution in [1.29, 1.82) is 0 Å². The Kier molecular flexibility index (Phi) is 6.86. The van der Waals surface area contributed by atoms with Crippen LogP contribution in [0.15, 0.2) is 54.6 Å². The topological polar surface area (TPSA) is 59.1 Å². The van der Waals surface area contributed by atoms with Crippen LogP contribution in [-0.4, -0.2) is 73.2 Å². The van der Waals surface area contributed by atoms with Crippen LogP contribution in [0.1, 0.15) is 42.6 Å². The zero-order valence-corrected chi connectivity index (χ0v) is 19.8. The average Bonchev–Trinajstić information content (AvgIpc) is 2.84. The molecular formula is C27H34N2O4. The van der Waals surface area contributed by atoms with E-state index >= 15 is 0 Å². The van der Waals surface area contributed by atoms with Crippen molar-refractivity contribution < 1.29 is 19.1 Å². The van der Waals surface area contributed by atoms with Crippen LogP contribution in [0.5, 0.6) is 0 Å². The van der Waals surface area contributed by atoms with E-state index in [1.54, 1.807) is 12.0 Å². The fourth-order valence-corrected chi connectivity index (χ4v) is 5.18. The third-order valence-electron chi connectivity index (χ3n) is 7.13. The van der Waals surface area contributed by atoms with Crippen LogP contribution in [-0.2, 0) is 14.3 Å². The van der Waals surface area contributed by atoms with Gasteiger partial charge in [0.05, 0.1) is 17.8 Å². The number of carbonyl (C=O) groups excluding carboxylic acids is 2. The fraction of sp³-hybridized carbons (Fsp3) is 0.481. The Balaban J connectivity index is 1.64. The largest absolute Gasteiger partial charge is 0.383 e.